The van der Waals surface area contributed by atoms with E-state index in [0.29, 0.717) is 11.1 Å². The third-order valence-corrected chi connectivity index (χ3v) is 3.37. The first-order chi connectivity index (χ1) is 8.33. The van der Waals surface area contributed by atoms with Crippen LogP contribution in [0.3, 0.4) is 0 Å². The quantitative estimate of drug-likeness (QED) is 0.898. The van der Waals surface area contributed by atoms with E-state index >= 15 is 0 Å². The molecule has 3 nitrogen and oxygen atoms in total. The molecular formula is C13H16ClNO2. The maximum Gasteiger partial charge on any atom is 0.138 e. The van der Waals surface area contributed by atoms with Gasteiger partial charge in [0, 0.05) is 13.1 Å². The molecule has 1 N–H and O–H groups in total. The van der Waals surface area contributed by atoms with E-state index in [1.807, 2.05) is 18.2 Å². The Morgan fingerprint density at radius 3 is 2.88 bits per heavy atom. The Labute approximate surface area is 106 Å². The van der Waals surface area contributed by atoms with Crippen LogP contribution in [-0.2, 0) is 4.74 Å². The van der Waals surface area contributed by atoms with Crippen molar-refractivity contribution in [2.45, 2.75) is 25.0 Å². The first-order valence-electron chi connectivity index (χ1n) is 6.11. The van der Waals surface area contributed by atoms with Crippen molar-refractivity contribution < 1.29 is 9.47 Å². The zero-order valence-electron chi connectivity index (χ0n) is 9.62. The smallest absolute Gasteiger partial charge is 0.138 e. The lowest BCUT2D eigenvalue weighted by molar-refractivity contribution is 0.0277. The lowest BCUT2D eigenvalue weighted by Crippen LogP contribution is -2.33. The molecule has 1 aliphatic heterocycles. The van der Waals surface area contributed by atoms with Crippen LogP contribution in [-0.4, -0.2) is 25.8 Å². The fraction of sp³-hybridized carbons (Fsp3) is 0.538. The summed E-state index contributed by atoms with van der Waals surface area (Å²) in [6.07, 6.45) is 2.78. The van der Waals surface area contributed by atoms with Crippen molar-refractivity contribution >= 4 is 11.6 Å². The average molecular weight is 254 g/mol. The average Bonchev–Trinajstić information content (AvgIpc) is 3.17. The summed E-state index contributed by atoms with van der Waals surface area (Å²) in [5.74, 6) is 0.793. The molecule has 0 aromatic heterocycles. The highest BCUT2D eigenvalue weighted by atomic mass is 35.5. The minimum atomic E-state index is 0.108. The first kappa shape index (κ1) is 11.3. The van der Waals surface area contributed by atoms with Crippen LogP contribution in [0.2, 0.25) is 5.02 Å². The van der Waals surface area contributed by atoms with Crippen molar-refractivity contribution in [3.63, 3.8) is 0 Å². The maximum absolute atomic E-state index is 6.22. The van der Waals surface area contributed by atoms with Gasteiger partial charge in [-0.2, -0.15) is 0 Å². The molecule has 1 unspecified atom stereocenters. The van der Waals surface area contributed by atoms with Gasteiger partial charge in [-0.1, -0.05) is 17.7 Å². The highest BCUT2D eigenvalue weighted by Crippen LogP contribution is 2.34. The Morgan fingerprint density at radius 1 is 1.35 bits per heavy atom. The summed E-state index contributed by atoms with van der Waals surface area (Å²) in [6.45, 7) is 2.52. The maximum atomic E-state index is 6.22. The highest BCUT2D eigenvalue weighted by Gasteiger charge is 2.25. The fourth-order valence-corrected chi connectivity index (χ4v) is 2.19. The van der Waals surface area contributed by atoms with Gasteiger partial charge in [0.1, 0.15) is 5.75 Å². The number of rotatable bonds is 3. The Hall–Kier alpha value is -0.770. The van der Waals surface area contributed by atoms with E-state index in [9.17, 15) is 0 Å². The molecule has 1 aromatic carbocycles. The minimum Gasteiger partial charge on any atom is -0.489 e. The molecule has 0 radical (unpaired) electrons. The zero-order valence-corrected chi connectivity index (χ0v) is 10.4. The van der Waals surface area contributed by atoms with Crippen LogP contribution in [0.25, 0.3) is 0 Å². The first-order valence-corrected chi connectivity index (χ1v) is 6.49. The molecule has 92 valence electrons. The van der Waals surface area contributed by atoms with Gasteiger partial charge >= 0.3 is 0 Å². The molecule has 1 aromatic rings. The molecule has 0 spiro atoms. The third kappa shape index (κ3) is 2.73. The van der Waals surface area contributed by atoms with Crippen molar-refractivity contribution in [1.29, 1.82) is 0 Å². The summed E-state index contributed by atoms with van der Waals surface area (Å²) in [7, 11) is 0. The lowest BCUT2D eigenvalue weighted by atomic mass is 10.1. The molecule has 2 aliphatic rings. The predicted octanol–water partition coefficient (Wildman–Crippen LogP) is 2.54. The second kappa shape index (κ2) is 4.84. The number of hydrogen-bond donors (Lipinski definition) is 1. The summed E-state index contributed by atoms with van der Waals surface area (Å²) < 4.78 is 11.4. The van der Waals surface area contributed by atoms with Gasteiger partial charge in [-0.15, -0.1) is 0 Å². The molecule has 0 amide bonds. The summed E-state index contributed by atoms with van der Waals surface area (Å²) in [4.78, 5) is 0. The molecule has 1 saturated heterocycles. The number of morpholine rings is 1. The molecule has 2 fully saturated rings. The normalized spacial score (nSPS) is 24.6. The van der Waals surface area contributed by atoms with Gasteiger partial charge in [0.05, 0.1) is 23.8 Å². The third-order valence-electron chi connectivity index (χ3n) is 3.07. The fourth-order valence-electron chi connectivity index (χ4n) is 1.96. The van der Waals surface area contributed by atoms with E-state index in [2.05, 4.69) is 5.32 Å². The molecular weight excluding hydrogens is 238 g/mol. The van der Waals surface area contributed by atoms with Crippen LogP contribution in [0.5, 0.6) is 5.75 Å². The molecule has 0 bridgehead atoms. The van der Waals surface area contributed by atoms with Gasteiger partial charge in [0.2, 0.25) is 0 Å². The van der Waals surface area contributed by atoms with Crippen LogP contribution >= 0.6 is 11.6 Å². The molecule has 1 heterocycles. The summed E-state index contributed by atoms with van der Waals surface area (Å²) >= 11 is 6.22. The van der Waals surface area contributed by atoms with Crippen molar-refractivity contribution in [1.82, 2.24) is 5.32 Å². The van der Waals surface area contributed by atoms with Crippen LogP contribution in [0.1, 0.15) is 24.5 Å². The Balaban J connectivity index is 1.74. The predicted molar refractivity (Wildman–Crippen MR) is 66.7 cm³/mol. The number of benzene rings is 1. The second-order valence-corrected chi connectivity index (χ2v) is 4.98. The topological polar surface area (TPSA) is 30.5 Å². The van der Waals surface area contributed by atoms with Gasteiger partial charge in [0.15, 0.2) is 0 Å². The van der Waals surface area contributed by atoms with E-state index in [1.165, 1.54) is 0 Å². The largest absolute Gasteiger partial charge is 0.489 e. The van der Waals surface area contributed by atoms with Crippen LogP contribution in [0, 0.1) is 0 Å². The van der Waals surface area contributed by atoms with Gasteiger partial charge < -0.3 is 14.8 Å². The Morgan fingerprint density at radius 2 is 2.24 bits per heavy atom. The number of halogens is 1. The van der Waals surface area contributed by atoms with E-state index in [1.54, 1.807) is 0 Å². The zero-order chi connectivity index (χ0) is 11.7. The molecule has 4 heteroatoms. The number of ether oxygens (including phenoxy) is 2. The van der Waals surface area contributed by atoms with E-state index < -0.39 is 0 Å². The number of nitrogens with one attached hydrogen (secondary N) is 1. The standard InChI is InChI=1S/C13H16ClNO2/c14-11-7-9(13-8-15-5-6-16-13)1-4-12(11)17-10-2-3-10/h1,4,7,10,13,15H,2-3,5-6,8H2. The lowest BCUT2D eigenvalue weighted by Gasteiger charge is -2.24. The van der Waals surface area contributed by atoms with Crippen LogP contribution in [0.15, 0.2) is 18.2 Å². The molecule has 1 saturated carbocycles. The molecule has 17 heavy (non-hydrogen) atoms. The van der Waals surface area contributed by atoms with E-state index in [0.717, 1.165) is 43.9 Å². The van der Waals surface area contributed by atoms with Crippen LogP contribution < -0.4 is 10.1 Å². The van der Waals surface area contributed by atoms with Crippen molar-refractivity contribution in [3.8, 4) is 5.75 Å². The Kier molecular flexibility index (Phi) is 3.23. The van der Waals surface area contributed by atoms with Crippen molar-refractivity contribution in [3.05, 3.63) is 28.8 Å². The molecule has 1 atom stereocenters. The van der Waals surface area contributed by atoms with Gasteiger partial charge in [0.25, 0.3) is 0 Å². The Bertz CT molecular complexity index is 400. The summed E-state index contributed by atoms with van der Waals surface area (Å²) in [5.41, 5.74) is 1.12. The summed E-state index contributed by atoms with van der Waals surface area (Å²) in [5, 5.41) is 3.99. The van der Waals surface area contributed by atoms with Gasteiger partial charge in [-0.05, 0) is 30.5 Å². The van der Waals surface area contributed by atoms with Crippen molar-refractivity contribution in [2.75, 3.05) is 19.7 Å². The van der Waals surface area contributed by atoms with E-state index in [-0.39, 0.29) is 6.10 Å². The highest BCUT2D eigenvalue weighted by molar-refractivity contribution is 6.32. The second-order valence-electron chi connectivity index (χ2n) is 4.57. The minimum absolute atomic E-state index is 0.108. The van der Waals surface area contributed by atoms with Gasteiger partial charge in [-0.3, -0.25) is 0 Å². The summed E-state index contributed by atoms with van der Waals surface area (Å²) in [6, 6.07) is 5.95. The molecule has 3 rings (SSSR count). The van der Waals surface area contributed by atoms with Gasteiger partial charge in [-0.25, -0.2) is 0 Å². The van der Waals surface area contributed by atoms with Crippen molar-refractivity contribution in [2.24, 2.45) is 0 Å². The van der Waals surface area contributed by atoms with Crippen LogP contribution in [0.4, 0.5) is 0 Å². The SMILES string of the molecule is Clc1cc(C2CNCCO2)ccc1OC1CC1. The van der Waals surface area contributed by atoms with E-state index in [4.69, 9.17) is 21.1 Å². The molecule has 1 aliphatic carbocycles. The monoisotopic (exact) mass is 253 g/mol. The number of hydrogen-bond acceptors (Lipinski definition) is 3.